The number of likely N-dealkylation sites (N-methyl/N-ethyl adjacent to an activating group) is 1. The number of anilines is 1. The van der Waals surface area contributed by atoms with Crippen molar-refractivity contribution in [3.63, 3.8) is 0 Å². The molecule has 0 saturated heterocycles. The average Bonchev–Trinajstić information content (AvgIpc) is 2.68. The Morgan fingerprint density at radius 3 is 2.82 bits per heavy atom. The van der Waals surface area contributed by atoms with Crippen LogP contribution in [0.15, 0.2) is 29.7 Å². The molecule has 3 heterocycles. The van der Waals surface area contributed by atoms with Gasteiger partial charge in [-0.05, 0) is 31.5 Å². The summed E-state index contributed by atoms with van der Waals surface area (Å²) in [6.07, 6.45) is 3.82. The van der Waals surface area contributed by atoms with Crippen LogP contribution in [0.5, 0.6) is 0 Å². The van der Waals surface area contributed by atoms with Crippen molar-refractivity contribution in [3.05, 3.63) is 41.5 Å². The topological polar surface area (TPSA) is 41.9 Å². The largest absolute Gasteiger partial charge is 0.372 e. The predicted octanol–water partition coefficient (Wildman–Crippen LogP) is 3.76. The molecule has 0 fully saturated rings. The SMILES string of the molecule is Cc1ccnc(SC(C)c2cc3c(cn2)N(C)CC3(C)C)n1. The maximum Gasteiger partial charge on any atom is 0.188 e. The number of thioether (sulfide) groups is 1. The van der Waals surface area contributed by atoms with Crippen molar-refractivity contribution >= 4 is 17.4 Å². The third-order valence-corrected chi connectivity index (χ3v) is 5.15. The fourth-order valence-corrected chi connectivity index (χ4v) is 3.88. The lowest BCUT2D eigenvalue weighted by Gasteiger charge is -2.19. The second-order valence-corrected chi connectivity index (χ2v) is 7.91. The number of aromatic nitrogens is 3. The normalized spacial score (nSPS) is 17.4. The van der Waals surface area contributed by atoms with E-state index in [1.54, 1.807) is 11.8 Å². The van der Waals surface area contributed by atoms with E-state index in [4.69, 9.17) is 0 Å². The molecule has 2 aromatic rings. The van der Waals surface area contributed by atoms with Crippen LogP contribution >= 0.6 is 11.8 Å². The molecule has 5 heteroatoms. The summed E-state index contributed by atoms with van der Waals surface area (Å²) in [5, 5.41) is 1.04. The van der Waals surface area contributed by atoms with Gasteiger partial charge in [-0.25, -0.2) is 9.97 Å². The third kappa shape index (κ3) is 2.82. The monoisotopic (exact) mass is 314 g/mol. The molecule has 0 spiro atoms. The summed E-state index contributed by atoms with van der Waals surface area (Å²) in [5.74, 6) is 0. The van der Waals surface area contributed by atoms with Gasteiger partial charge in [0.25, 0.3) is 0 Å². The van der Waals surface area contributed by atoms with Crippen LogP contribution in [0.4, 0.5) is 5.69 Å². The first-order valence-electron chi connectivity index (χ1n) is 7.55. The average molecular weight is 314 g/mol. The lowest BCUT2D eigenvalue weighted by molar-refractivity contribution is 0.562. The van der Waals surface area contributed by atoms with Gasteiger partial charge in [-0.3, -0.25) is 4.98 Å². The van der Waals surface area contributed by atoms with E-state index >= 15 is 0 Å². The van der Waals surface area contributed by atoms with Crippen molar-refractivity contribution in [1.82, 2.24) is 15.0 Å². The maximum atomic E-state index is 4.67. The highest BCUT2D eigenvalue weighted by atomic mass is 32.2. The summed E-state index contributed by atoms with van der Waals surface area (Å²) in [6, 6.07) is 4.17. The van der Waals surface area contributed by atoms with Gasteiger partial charge in [0.15, 0.2) is 5.16 Å². The first-order valence-corrected chi connectivity index (χ1v) is 8.42. The van der Waals surface area contributed by atoms with Crippen LogP contribution in [0.3, 0.4) is 0 Å². The minimum absolute atomic E-state index is 0.173. The zero-order valence-electron chi connectivity index (χ0n) is 13.8. The summed E-state index contributed by atoms with van der Waals surface area (Å²) in [7, 11) is 2.13. The van der Waals surface area contributed by atoms with Gasteiger partial charge < -0.3 is 4.90 Å². The van der Waals surface area contributed by atoms with E-state index < -0.39 is 0 Å². The molecule has 0 saturated carbocycles. The number of nitrogens with zero attached hydrogens (tertiary/aromatic N) is 4. The number of hydrogen-bond donors (Lipinski definition) is 0. The van der Waals surface area contributed by atoms with Gasteiger partial charge in [0, 0.05) is 30.9 Å². The molecule has 0 aromatic carbocycles. The van der Waals surface area contributed by atoms with Gasteiger partial charge in [0.2, 0.25) is 0 Å². The molecule has 116 valence electrons. The minimum atomic E-state index is 0.173. The molecule has 4 nitrogen and oxygen atoms in total. The highest BCUT2D eigenvalue weighted by Crippen LogP contribution is 2.41. The van der Waals surface area contributed by atoms with Crippen LogP contribution in [0.2, 0.25) is 0 Å². The maximum absolute atomic E-state index is 4.67. The highest BCUT2D eigenvalue weighted by molar-refractivity contribution is 7.99. The molecule has 0 radical (unpaired) electrons. The van der Waals surface area contributed by atoms with E-state index in [2.05, 4.69) is 53.7 Å². The molecule has 1 aliphatic heterocycles. The first kappa shape index (κ1) is 15.3. The molecular formula is C17H22N4S. The van der Waals surface area contributed by atoms with Crippen LogP contribution in [-0.4, -0.2) is 28.5 Å². The molecular weight excluding hydrogens is 292 g/mol. The van der Waals surface area contributed by atoms with E-state index in [0.717, 1.165) is 23.1 Å². The molecule has 0 aliphatic carbocycles. The van der Waals surface area contributed by atoms with Crippen LogP contribution in [0, 0.1) is 6.92 Å². The van der Waals surface area contributed by atoms with Gasteiger partial charge >= 0.3 is 0 Å². The Balaban J connectivity index is 1.87. The van der Waals surface area contributed by atoms with Crippen molar-refractivity contribution in [2.75, 3.05) is 18.5 Å². The quantitative estimate of drug-likeness (QED) is 0.637. The van der Waals surface area contributed by atoms with Crippen LogP contribution in [0.1, 0.15) is 43.0 Å². The fraction of sp³-hybridized carbons (Fsp3) is 0.471. The van der Waals surface area contributed by atoms with Crippen molar-refractivity contribution < 1.29 is 0 Å². The molecule has 2 aromatic heterocycles. The van der Waals surface area contributed by atoms with Crippen LogP contribution in [-0.2, 0) is 5.41 Å². The second-order valence-electron chi connectivity index (χ2n) is 6.61. The molecule has 1 aliphatic rings. The van der Waals surface area contributed by atoms with E-state index in [9.17, 15) is 0 Å². The lowest BCUT2D eigenvalue weighted by Crippen LogP contribution is -2.24. The van der Waals surface area contributed by atoms with Gasteiger partial charge in [0.05, 0.1) is 22.8 Å². The standard InChI is InChI=1S/C17H22N4S/c1-11-6-7-18-16(20-11)22-12(2)14-8-13-15(9-19-14)21(5)10-17(13,3)4/h6-9,12H,10H2,1-5H3. The number of hydrogen-bond acceptors (Lipinski definition) is 5. The van der Waals surface area contributed by atoms with Gasteiger partial charge in [-0.1, -0.05) is 25.6 Å². The Morgan fingerprint density at radius 2 is 2.09 bits per heavy atom. The summed E-state index contributed by atoms with van der Waals surface area (Å²) >= 11 is 1.66. The summed E-state index contributed by atoms with van der Waals surface area (Å²) in [5.41, 5.74) is 4.90. The lowest BCUT2D eigenvalue weighted by atomic mass is 9.87. The van der Waals surface area contributed by atoms with Crippen LogP contribution < -0.4 is 4.90 Å². The molecule has 0 amide bonds. The second kappa shape index (κ2) is 5.54. The van der Waals surface area contributed by atoms with Crippen molar-refractivity contribution in [2.24, 2.45) is 0 Å². The van der Waals surface area contributed by atoms with Crippen molar-refractivity contribution in [1.29, 1.82) is 0 Å². The Hall–Kier alpha value is -1.62. The molecule has 1 unspecified atom stereocenters. The molecule has 0 bridgehead atoms. The Morgan fingerprint density at radius 1 is 1.32 bits per heavy atom. The number of aryl methyl sites for hydroxylation is 1. The molecule has 3 rings (SSSR count). The van der Waals surface area contributed by atoms with E-state index in [-0.39, 0.29) is 10.7 Å². The highest BCUT2D eigenvalue weighted by Gasteiger charge is 2.34. The minimum Gasteiger partial charge on any atom is -0.372 e. The van der Waals surface area contributed by atoms with E-state index in [0.29, 0.717) is 0 Å². The number of fused-ring (bicyclic) bond motifs is 1. The van der Waals surface area contributed by atoms with Crippen LogP contribution in [0.25, 0.3) is 0 Å². The predicted molar refractivity (Wildman–Crippen MR) is 91.6 cm³/mol. The van der Waals surface area contributed by atoms with Gasteiger partial charge in [0.1, 0.15) is 0 Å². The van der Waals surface area contributed by atoms with Gasteiger partial charge in [-0.15, -0.1) is 0 Å². The molecule has 22 heavy (non-hydrogen) atoms. The first-order chi connectivity index (χ1) is 10.4. The summed E-state index contributed by atoms with van der Waals surface area (Å²) in [4.78, 5) is 15.8. The zero-order valence-corrected chi connectivity index (χ0v) is 14.6. The summed E-state index contributed by atoms with van der Waals surface area (Å²) < 4.78 is 0. The van der Waals surface area contributed by atoms with E-state index in [1.165, 1.54) is 11.3 Å². The number of rotatable bonds is 3. The zero-order chi connectivity index (χ0) is 15.9. The van der Waals surface area contributed by atoms with Crippen molar-refractivity contribution in [2.45, 2.75) is 43.5 Å². The molecule has 0 N–H and O–H groups in total. The van der Waals surface area contributed by atoms with Crippen molar-refractivity contribution in [3.8, 4) is 0 Å². The third-order valence-electron chi connectivity index (χ3n) is 4.15. The van der Waals surface area contributed by atoms with Gasteiger partial charge in [-0.2, -0.15) is 0 Å². The Bertz CT molecular complexity index is 699. The Kier molecular flexibility index (Phi) is 3.85. The Labute approximate surface area is 136 Å². The summed E-state index contributed by atoms with van der Waals surface area (Å²) in [6.45, 7) is 9.77. The fourth-order valence-electron chi connectivity index (χ4n) is 3.00. The smallest absolute Gasteiger partial charge is 0.188 e. The van der Waals surface area contributed by atoms with E-state index in [1.807, 2.05) is 25.4 Å². The number of pyridine rings is 1. The molecule has 1 atom stereocenters.